The summed E-state index contributed by atoms with van der Waals surface area (Å²) in [7, 11) is 0. The molecule has 0 bridgehead atoms. The van der Waals surface area contributed by atoms with Crippen LogP contribution in [0.2, 0.25) is 0 Å². The van der Waals surface area contributed by atoms with Gasteiger partial charge in [-0.15, -0.1) is 0 Å². The van der Waals surface area contributed by atoms with E-state index in [1.165, 1.54) is 5.56 Å². The van der Waals surface area contributed by atoms with Crippen LogP contribution in [0.15, 0.2) is 30.3 Å². The number of hydrogen-bond acceptors (Lipinski definition) is 2. The molecule has 0 saturated heterocycles. The lowest BCUT2D eigenvalue weighted by atomic mass is 9.79. The Morgan fingerprint density at radius 2 is 1.76 bits per heavy atom. The predicted octanol–water partition coefficient (Wildman–Crippen LogP) is 2.63. The number of aliphatic hydroxyl groups excluding tert-OH is 2. The van der Waals surface area contributed by atoms with Crippen LogP contribution in [0, 0.1) is 11.3 Å². The lowest BCUT2D eigenvalue weighted by Gasteiger charge is -2.32. The van der Waals surface area contributed by atoms with Gasteiger partial charge < -0.3 is 10.2 Å². The molecule has 2 heteroatoms. The molecular weight excluding hydrogens is 212 g/mol. The number of benzene rings is 1. The summed E-state index contributed by atoms with van der Waals surface area (Å²) in [6.45, 7) is 5.86. The van der Waals surface area contributed by atoms with Crippen LogP contribution in [0.25, 0.3) is 0 Å². The first kappa shape index (κ1) is 14.2. The molecule has 0 saturated carbocycles. The Bertz CT molecular complexity index is 319. The maximum Gasteiger partial charge on any atom is 0.0638 e. The fourth-order valence-corrected chi connectivity index (χ4v) is 2.06. The summed E-state index contributed by atoms with van der Waals surface area (Å²) in [5.74, 6) is 0.192. The molecule has 0 heterocycles. The molecule has 0 spiro atoms. The summed E-state index contributed by atoms with van der Waals surface area (Å²) >= 11 is 0. The second kappa shape index (κ2) is 6.18. The van der Waals surface area contributed by atoms with E-state index in [4.69, 9.17) is 0 Å². The van der Waals surface area contributed by atoms with Crippen LogP contribution in [-0.4, -0.2) is 22.9 Å². The van der Waals surface area contributed by atoms with Crippen LogP contribution in [0.1, 0.15) is 32.8 Å². The van der Waals surface area contributed by atoms with Gasteiger partial charge in [0, 0.05) is 5.41 Å². The number of hydrogen-bond donors (Lipinski definition) is 2. The molecule has 0 aliphatic rings. The highest BCUT2D eigenvalue weighted by Crippen LogP contribution is 2.27. The van der Waals surface area contributed by atoms with Crippen LogP contribution in [0.3, 0.4) is 0 Å². The Morgan fingerprint density at radius 3 is 2.29 bits per heavy atom. The highest BCUT2D eigenvalue weighted by molar-refractivity contribution is 5.14. The minimum Gasteiger partial charge on any atom is -0.396 e. The topological polar surface area (TPSA) is 40.5 Å². The molecule has 0 radical (unpaired) electrons. The summed E-state index contributed by atoms with van der Waals surface area (Å²) in [6, 6.07) is 10.3. The van der Waals surface area contributed by atoms with Crippen molar-refractivity contribution in [1.29, 1.82) is 0 Å². The molecular formula is C15H24O2. The molecule has 2 atom stereocenters. The summed E-state index contributed by atoms with van der Waals surface area (Å²) in [5.41, 5.74) is 0.879. The van der Waals surface area contributed by atoms with Crippen LogP contribution in [-0.2, 0) is 6.42 Å². The minimum absolute atomic E-state index is 0.0177. The SMILES string of the molecule is CC(CCc1ccccc1)C(O)C(C)(C)CO. The van der Waals surface area contributed by atoms with Gasteiger partial charge in [0.2, 0.25) is 0 Å². The van der Waals surface area contributed by atoms with E-state index in [-0.39, 0.29) is 12.5 Å². The molecule has 17 heavy (non-hydrogen) atoms. The first-order valence-electron chi connectivity index (χ1n) is 6.30. The Hall–Kier alpha value is -0.860. The second-order valence-corrected chi connectivity index (χ2v) is 5.59. The van der Waals surface area contributed by atoms with Gasteiger partial charge in [-0.1, -0.05) is 51.1 Å². The van der Waals surface area contributed by atoms with Gasteiger partial charge in [-0.05, 0) is 24.3 Å². The highest BCUT2D eigenvalue weighted by atomic mass is 16.3. The third kappa shape index (κ3) is 4.14. The zero-order chi connectivity index (χ0) is 12.9. The standard InChI is InChI=1S/C15H24O2/c1-12(14(17)15(2,3)11-16)9-10-13-7-5-4-6-8-13/h4-8,12,14,16-17H,9-11H2,1-3H3. The molecule has 2 unspecified atom stereocenters. The molecule has 96 valence electrons. The zero-order valence-electron chi connectivity index (χ0n) is 11.1. The molecule has 1 aromatic rings. The van der Waals surface area contributed by atoms with Crippen molar-refractivity contribution in [2.24, 2.45) is 11.3 Å². The van der Waals surface area contributed by atoms with Crippen molar-refractivity contribution in [2.75, 3.05) is 6.61 Å². The maximum absolute atomic E-state index is 10.2. The molecule has 0 fully saturated rings. The van der Waals surface area contributed by atoms with Crippen LogP contribution in [0.4, 0.5) is 0 Å². The highest BCUT2D eigenvalue weighted by Gasteiger charge is 2.31. The molecule has 2 N–H and O–H groups in total. The maximum atomic E-state index is 10.2. The van der Waals surface area contributed by atoms with E-state index in [2.05, 4.69) is 12.1 Å². The molecule has 0 aliphatic carbocycles. The van der Waals surface area contributed by atoms with Crippen molar-refractivity contribution in [3.05, 3.63) is 35.9 Å². The van der Waals surface area contributed by atoms with E-state index in [9.17, 15) is 10.2 Å². The van der Waals surface area contributed by atoms with Crippen molar-refractivity contribution in [3.8, 4) is 0 Å². The summed E-state index contributed by atoms with van der Waals surface area (Å²) in [4.78, 5) is 0. The molecule has 2 nitrogen and oxygen atoms in total. The molecule has 1 aromatic carbocycles. The van der Waals surface area contributed by atoms with E-state index < -0.39 is 11.5 Å². The van der Waals surface area contributed by atoms with E-state index in [0.29, 0.717) is 0 Å². The normalized spacial score (nSPS) is 15.6. The van der Waals surface area contributed by atoms with Crippen LogP contribution in [0.5, 0.6) is 0 Å². The largest absolute Gasteiger partial charge is 0.396 e. The van der Waals surface area contributed by atoms with E-state index in [0.717, 1.165) is 12.8 Å². The van der Waals surface area contributed by atoms with Crippen molar-refractivity contribution in [1.82, 2.24) is 0 Å². The summed E-state index contributed by atoms with van der Waals surface area (Å²) < 4.78 is 0. The summed E-state index contributed by atoms with van der Waals surface area (Å²) in [6.07, 6.45) is 1.45. The lowest BCUT2D eigenvalue weighted by molar-refractivity contribution is -0.0270. The zero-order valence-corrected chi connectivity index (χ0v) is 11.1. The van der Waals surface area contributed by atoms with Gasteiger partial charge in [-0.2, -0.15) is 0 Å². The predicted molar refractivity (Wildman–Crippen MR) is 70.8 cm³/mol. The van der Waals surface area contributed by atoms with E-state index in [1.807, 2.05) is 39.0 Å². The van der Waals surface area contributed by atoms with Gasteiger partial charge in [-0.25, -0.2) is 0 Å². The van der Waals surface area contributed by atoms with Crippen LogP contribution < -0.4 is 0 Å². The van der Waals surface area contributed by atoms with Gasteiger partial charge in [-0.3, -0.25) is 0 Å². The number of aryl methyl sites for hydroxylation is 1. The van der Waals surface area contributed by atoms with Gasteiger partial charge in [0.25, 0.3) is 0 Å². The van der Waals surface area contributed by atoms with Crippen LogP contribution >= 0.6 is 0 Å². The van der Waals surface area contributed by atoms with Gasteiger partial charge in [0.1, 0.15) is 0 Å². The fourth-order valence-electron chi connectivity index (χ4n) is 2.06. The van der Waals surface area contributed by atoms with Crippen molar-refractivity contribution in [2.45, 2.75) is 39.7 Å². The quantitative estimate of drug-likeness (QED) is 0.797. The Balaban J connectivity index is 2.47. The first-order chi connectivity index (χ1) is 7.97. The average molecular weight is 236 g/mol. The number of aliphatic hydroxyl groups is 2. The molecule has 1 rings (SSSR count). The van der Waals surface area contributed by atoms with Crippen molar-refractivity contribution >= 4 is 0 Å². The van der Waals surface area contributed by atoms with Gasteiger partial charge in [0.05, 0.1) is 12.7 Å². The third-order valence-electron chi connectivity index (χ3n) is 3.48. The Kier molecular flexibility index (Phi) is 5.16. The smallest absolute Gasteiger partial charge is 0.0638 e. The van der Waals surface area contributed by atoms with E-state index in [1.54, 1.807) is 0 Å². The van der Waals surface area contributed by atoms with Gasteiger partial charge in [0.15, 0.2) is 0 Å². The number of rotatable bonds is 6. The Morgan fingerprint density at radius 1 is 1.18 bits per heavy atom. The lowest BCUT2D eigenvalue weighted by Crippen LogP contribution is -2.37. The Labute approximate surface area is 104 Å². The summed E-state index contributed by atoms with van der Waals surface area (Å²) in [5, 5.41) is 19.4. The van der Waals surface area contributed by atoms with Crippen molar-refractivity contribution < 1.29 is 10.2 Å². The monoisotopic (exact) mass is 236 g/mol. The van der Waals surface area contributed by atoms with Crippen molar-refractivity contribution in [3.63, 3.8) is 0 Å². The first-order valence-corrected chi connectivity index (χ1v) is 6.30. The molecule has 0 amide bonds. The third-order valence-corrected chi connectivity index (χ3v) is 3.48. The second-order valence-electron chi connectivity index (χ2n) is 5.59. The molecule has 0 aromatic heterocycles. The fraction of sp³-hybridized carbons (Fsp3) is 0.600. The molecule has 0 aliphatic heterocycles. The average Bonchev–Trinajstić information content (AvgIpc) is 2.36. The van der Waals surface area contributed by atoms with Gasteiger partial charge >= 0.3 is 0 Å². The van der Waals surface area contributed by atoms with E-state index >= 15 is 0 Å². The minimum atomic E-state index is -0.462.